The Bertz CT molecular complexity index is 592. The van der Waals surface area contributed by atoms with Crippen molar-refractivity contribution in [3.8, 4) is 0 Å². The number of primary sulfonamides is 1. The minimum Gasteiger partial charge on any atom is -0.324 e. The van der Waals surface area contributed by atoms with Gasteiger partial charge in [-0.3, -0.25) is 4.79 Å². The zero-order valence-electron chi connectivity index (χ0n) is 10.6. The van der Waals surface area contributed by atoms with Gasteiger partial charge in [0.05, 0.1) is 11.1 Å². The fourth-order valence-corrected chi connectivity index (χ4v) is 2.80. The van der Waals surface area contributed by atoms with E-state index in [1.54, 1.807) is 12.1 Å². The van der Waals surface area contributed by atoms with Crippen LogP contribution in [-0.4, -0.2) is 27.4 Å². The maximum absolute atomic E-state index is 12.2. The lowest BCUT2D eigenvalue weighted by atomic mass is 9.89. The van der Waals surface area contributed by atoms with Crippen LogP contribution < -0.4 is 15.8 Å². The van der Waals surface area contributed by atoms with Crippen molar-refractivity contribution in [3.63, 3.8) is 0 Å². The molecule has 7 heteroatoms. The number of rotatable bonds is 3. The van der Waals surface area contributed by atoms with E-state index < -0.39 is 15.4 Å². The van der Waals surface area contributed by atoms with E-state index in [2.05, 4.69) is 10.6 Å². The molecule has 0 aromatic heterocycles. The number of sulfonamides is 1. The van der Waals surface area contributed by atoms with Crippen LogP contribution in [0.25, 0.3) is 0 Å². The molecule has 1 heterocycles. The Morgan fingerprint density at radius 2 is 2.11 bits per heavy atom. The summed E-state index contributed by atoms with van der Waals surface area (Å²) in [7, 11) is -3.85. The van der Waals surface area contributed by atoms with Crippen LogP contribution in [0.15, 0.2) is 29.2 Å². The molecule has 1 aromatic rings. The molecule has 0 spiro atoms. The van der Waals surface area contributed by atoms with Gasteiger partial charge in [-0.15, -0.1) is 0 Å². The third-order valence-electron chi connectivity index (χ3n) is 3.36. The van der Waals surface area contributed by atoms with Gasteiger partial charge in [-0.05, 0) is 32.0 Å². The fraction of sp³-hybridized carbons (Fsp3) is 0.417. The minimum absolute atomic E-state index is 0.0714. The first-order valence-corrected chi connectivity index (χ1v) is 7.52. The van der Waals surface area contributed by atoms with E-state index in [9.17, 15) is 13.2 Å². The van der Waals surface area contributed by atoms with Crippen LogP contribution in [0.2, 0.25) is 0 Å². The first-order valence-electron chi connectivity index (χ1n) is 5.97. The lowest BCUT2D eigenvalue weighted by molar-refractivity contribution is -0.123. The summed E-state index contributed by atoms with van der Waals surface area (Å²) >= 11 is 0. The average Bonchev–Trinajstić information content (AvgIpc) is 2.77. The van der Waals surface area contributed by atoms with E-state index in [4.69, 9.17) is 5.14 Å². The van der Waals surface area contributed by atoms with E-state index in [1.807, 2.05) is 6.92 Å². The average molecular weight is 283 g/mol. The molecule has 0 radical (unpaired) electrons. The molecule has 1 aliphatic rings. The first kappa shape index (κ1) is 14.0. The molecular weight excluding hydrogens is 266 g/mol. The van der Waals surface area contributed by atoms with Crippen molar-refractivity contribution in [2.24, 2.45) is 10.6 Å². The van der Waals surface area contributed by atoms with Gasteiger partial charge >= 0.3 is 0 Å². The number of nitrogens with two attached hydrogens (primary N) is 1. The van der Waals surface area contributed by atoms with Gasteiger partial charge in [0.1, 0.15) is 4.90 Å². The summed E-state index contributed by atoms with van der Waals surface area (Å²) in [5, 5.41) is 10.9. The quantitative estimate of drug-likeness (QED) is 0.741. The zero-order chi connectivity index (χ0) is 14.1. The van der Waals surface area contributed by atoms with Gasteiger partial charge in [0, 0.05) is 6.54 Å². The number of nitrogens with one attached hydrogen (secondary N) is 2. The number of benzene rings is 1. The van der Waals surface area contributed by atoms with Crippen molar-refractivity contribution in [2.45, 2.75) is 18.2 Å². The van der Waals surface area contributed by atoms with Crippen LogP contribution in [0.1, 0.15) is 13.3 Å². The topological polar surface area (TPSA) is 101 Å². The Morgan fingerprint density at radius 1 is 1.42 bits per heavy atom. The van der Waals surface area contributed by atoms with Crippen molar-refractivity contribution in [1.82, 2.24) is 5.32 Å². The second-order valence-electron chi connectivity index (χ2n) is 4.98. The Labute approximate surface area is 112 Å². The molecule has 0 saturated carbocycles. The number of para-hydroxylation sites is 1. The maximum atomic E-state index is 12.2. The van der Waals surface area contributed by atoms with Crippen molar-refractivity contribution >= 4 is 21.6 Å². The largest absolute Gasteiger partial charge is 0.324 e. The standard InChI is InChI=1S/C12H17N3O3S/c1-12(6-7-14-8-12)11(16)15-9-4-2-3-5-10(9)19(13,17)18/h2-5,14H,6-8H2,1H3,(H,15,16)(H2,13,17,18). The molecule has 1 unspecified atom stereocenters. The van der Waals surface area contributed by atoms with E-state index >= 15 is 0 Å². The highest BCUT2D eigenvalue weighted by molar-refractivity contribution is 7.89. The third kappa shape index (κ3) is 2.94. The van der Waals surface area contributed by atoms with Crippen LogP contribution in [0.5, 0.6) is 0 Å². The summed E-state index contributed by atoms with van der Waals surface area (Å²) in [5.41, 5.74) is -0.297. The number of carbonyl (C=O) groups excluding carboxylic acids is 1. The Hall–Kier alpha value is -1.44. The Balaban J connectivity index is 2.27. The summed E-state index contributed by atoms with van der Waals surface area (Å²) in [4.78, 5) is 12.2. The smallest absolute Gasteiger partial charge is 0.240 e. The van der Waals surface area contributed by atoms with Gasteiger partial charge in [0.25, 0.3) is 0 Å². The second kappa shape index (κ2) is 4.92. The highest BCUT2D eigenvalue weighted by atomic mass is 32.2. The molecule has 6 nitrogen and oxygen atoms in total. The minimum atomic E-state index is -3.85. The molecular formula is C12H17N3O3S. The van der Waals surface area contributed by atoms with Gasteiger partial charge in [-0.2, -0.15) is 0 Å². The molecule has 0 bridgehead atoms. The van der Waals surface area contributed by atoms with E-state index in [1.165, 1.54) is 12.1 Å². The molecule has 1 aromatic carbocycles. The van der Waals surface area contributed by atoms with Gasteiger partial charge in [0.15, 0.2) is 0 Å². The summed E-state index contributed by atoms with van der Waals surface area (Å²) < 4.78 is 22.9. The summed E-state index contributed by atoms with van der Waals surface area (Å²) in [6.45, 7) is 3.21. The fourth-order valence-electron chi connectivity index (χ4n) is 2.10. The monoisotopic (exact) mass is 283 g/mol. The molecule has 1 atom stereocenters. The number of amides is 1. The zero-order valence-corrected chi connectivity index (χ0v) is 11.5. The Kier molecular flexibility index (Phi) is 3.62. The summed E-state index contributed by atoms with van der Waals surface area (Å²) in [6, 6.07) is 6.12. The van der Waals surface area contributed by atoms with Gasteiger partial charge in [0.2, 0.25) is 15.9 Å². The van der Waals surface area contributed by atoms with Gasteiger partial charge in [-0.25, -0.2) is 13.6 Å². The number of carbonyl (C=O) groups is 1. The van der Waals surface area contributed by atoms with Crippen LogP contribution in [0, 0.1) is 5.41 Å². The summed E-state index contributed by atoms with van der Waals surface area (Å²) in [5.74, 6) is -0.200. The molecule has 4 N–H and O–H groups in total. The van der Waals surface area contributed by atoms with Crippen molar-refractivity contribution in [3.05, 3.63) is 24.3 Å². The predicted molar refractivity (Wildman–Crippen MR) is 72.0 cm³/mol. The van der Waals surface area contributed by atoms with E-state index in [0.29, 0.717) is 6.54 Å². The molecule has 104 valence electrons. The maximum Gasteiger partial charge on any atom is 0.240 e. The SMILES string of the molecule is CC1(C(=O)Nc2ccccc2S(N)(=O)=O)CCNC1. The highest BCUT2D eigenvalue weighted by Crippen LogP contribution is 2.28. The summed E-state index contributed by atoms with van der Waals surface area (Å²) in [6.07, 6.45) is 0.719. The number of anilines is 1. The van der Waals surface area contributed by atoms with Crippen LogP contribution in [0.3, 0.4) is 0 Å². The molecule has 2 rings (SSSR count). The molecule has 1 saturated heterocycles. The van der Waals surface area contributed by atoms with Crippen LogP contribution in [0.4, 0.5) is 5.69 Å². The van der Waals surface area contributed by atoms with E-state index in [-0.39, 0.29) is 16.5 Å². The molecule has 1 amide bonds. The number of hydrogen-bond acceptors (Lipinski definition) is 4. The second-order valence-corrected chi connectivity index (χ2v) is 6.51. The van der Waals surface area contributed by atoms with Crippen LogP contribution >= 0.6 is 0 Å². The first-order chi connectivity index (χ1) is 8.83. The Morgan fingerprint density at radius 3 is 2.68 bits per heavy atom. The highest BCUT2D eigenvalue weighted by Gasteiger charge is 2.36. The molecule has 1 fully saturated rings. The molecule has 19 heavy (non-hydrogen) atoms. The molecule has 0 aliphatic carbocycles. The number of hydrogen-bond donors (Lipinski definition) is 3. The van der Waals surface area contributed by atoms with Crippen molar-refractivity contribution in [2.75, 3.05) is 18.4 Å². The van der Waals surface area contributed by atoms with Gasteiger partial charge < -0.3 is 10.6 Å². The van der Waals surface area contributed by atoms with Gasteiger partial charge in [-0.1, -0.05) is 12.1 Å². The lowest BCUT2D eigenvalue weighted by Crippen LogP contribution is -2.35. The van der Waals surface area contributed by atoms with Crippen LogP contribution in [-0.2, 0) is 14.8 Å². The predicted octanol–water partition coefficient (Wildman–Crippen LogP) is 0.272. The van der Waals surface area contributed by atoms with Crippen molar-refractivity contribution in [1.29, 1.82) is 0 Å². The van der Waals surface area contributed by atoms with Crippen molar-refractivity contribution < 1.29 is 13.2 Å². The van der Waals surface area contributed by atoms with E-state index in [0.717, 1.165) is 13.0 Å². The lowest BCUT2D eigenvalue weighted by Gasteiger charge is -2.22. The third-order valence-corrected chi connectivity index (χ3v) is 4.33. The normalized spacial score (nSPS) is 23.3. The molecule has 1 aliphatic heterocycles.